The lowest BCUT2D eigenvalue weighted by Crippen LogP contribution is -2.19. The lowest BCUT2D eigenvalue weighted by atomic mass is 9.93. The maximum absolute atomic E-state index is 8.96. The normalized spacial score (nSPS) is 12.0. The third-order valence-electron chi connectivity index (χ3n) is 10.4. The molecule has 0 saturated carbocycles. The molecule has 0 aliphatic rings. The molecule has 0 aliphatic heterocycles. The maximum atomic E-state index is 8.96. The van der Waals surface area contributed by atoms with Crippen LogP contribution < -0.4 is 5.73 Å². The Balaban J connectivity index is 1.40. The topological polar surface area (TPSA) is 72.1 Å². The third kappa shape index (κ3) is 4.86. The van der Waals surface area contributed by atoms with E-state index in [1.807, 2.05) is 30.3 Å². The van der Waals surface area contributed by atoms with Crippen LogP contribution in [0.5, 0.6) is 0 Å². The fourth-order valence-electron chi connectivity index (χ4n) is 8.02. The number of rotatable bonds is 5. The van der Waals surface area contributed by atoms with Crippen molar-refractivity contribution in [2.24, 2.45) is 10.7 Å². The van der Waals surface area contributed by atoms with E-state index in [0.717, 1.165) is 60.9 Å². The van der Waals surface area contributed by atoms with Crippen LogP contribution in [0.2, 0.25) is 0 Å². The van der Waals surface area contributed by atoms with E-state index >= 15 is 0 Å². The number of para-hydroxylation sites is 4. The summed E-state index contributed by atoms with van der Waals surface area (Å²) in [6.45, 7) is 0. The summed E-state index contributed by atoms with van der Waals surface area (Å²) >= 11 is 0. The largest absolute Gasteiger partial charge is 0.383 e. The lowest BCUT2D eigenvalue weighted by Gasteiger charge is -2.23. The van der Waals surface area contributed by atoms with Gasteiger partial charge in [0, 0.05) is 38.2 Å². The van der Waals surface area contributed by atoms with Gasteiger partial charge in [-0.2, -0.15) is 0 Å². The Morgan fingerprint density at radius 3 is 1.55 bits per heavy atom. The molecule has 0 spiro atoms. The molecule has 10 rings (SSSR count). The summed E-state index contributed by atoms with van der Waals surface area (Å²) in [5.74, 6) is 0.384. The van der Waals surface area contributed by atoms with Crippen molar-refractivity contribution in [3.63, 3.8) is 0 Å². The van der Waals surface area contributed by atoms with E-state index in [1.54, 1.807) is 0 Å². The van der Waals surface area contributed by atoms with E-state index in [0.29, 0.717) is 5.56 Å². The number of nitrogens with zero attached hydrogens (tertiary/aromatic N) is 3. The highest BCUT2D eigenvalue weighted by Crippen LogP contribution is 2.44. The van der Waals surface area contributed by atoms with Crippen molar-refractivity contribution in [1.29, 1.82) is 5.41 Å². The van der Waals surface area contributed by atoms with E-state index in [2.05, 4.69) is 161 Å². The van der Waals surface area contributed by atoms with Gasteiger partial charge in [0.05, 0.1) is 33.4 Å². The Morgan fingerprint density at radius 2 is 0.962 bits per heavy atom. The summed E-state index contributed by atoms with van der Waals surface area (Å²) in [7, 11) is 0. The van der Waals surface area contributed by atoms with Gasteiger partial charge < -0.3 is 14.9 Å². The molecule has 0 amide bonds. The summed E-state index contributed by atoms with van der Waals surface area (Å²) in [5, 5.41) is 15.9. The molecule has 53 heavy (non-hydrogen) atoms. The van der Waals surface area contributed by atoms with Crippen molar-refractivity contribution >= 4 is 66.1 Å². The van der Waals surface area contributed by atoms with E-state index in [4.69, 9.17) is 16.1 Å². The Bertz CT molecular complexity index is 2980. The highest BCUT2D eigenvalue weighted by atomic mass is 15.1. The molecule has 0 radical (unpaired) electrons. The minimum Gasteiger partial charge on any atom is -0.383 e. The second kappa shape index (κ2) is 12.2. The van der Waals surface area contributed by atoms with Crippen LogP contribution in [0, 0.1) is 5.41 Å². The average Bonchev–Trinajstić information content (AvgIpc) is 3.73. The summed E-state index contributed by atoms with van der Waals surface area (Å²) in [6, 6.07) is 63.3. The molecule has 5 nitrogen and oxygen atoms in total. The molecule has 5 heteroatoms. The standard InChI is InChI=1S/C48H33N5/c49-47(32-15-2-1-3-16-32)51-48(50)39-28-29-44(52-40-22-10-6-18-35(40)36-19-7-11-23-41(36)52)46(45(39)34-27-26-31-14-4-5-17-33(31)30-34)53-42-24-12-8-20-37(42)38-21-9-13-25-43(38)53/h1-30H,(H3,49,50,51). The molecule has 0 fully saturated rings. The van der Waals surface area contributed by atoms with Crippen molar-refractivity contribution in [2.45, 2.75) is 0 Å². The van der Waals surface area contributed by atoms with E-state index in [-0.39, 0.29) is 11.7 Å². The van der Waals surface area contributed by atoms with Gasteiger partial charge in [-0.1, -0.05) is 140 Å². The number of nitrogens with two attached hydrogens (primary N) is 1. The molecule has 0 atom stereocenters. The first kappa shape index (κ1) is 30.6. The van der Waals surface area contributed by atoms with Crippen molar-refractivity contribution in [3.8, 4) is 22.5 Å². The van der Waals surface area contributed by atoms with Gasteiger partial charge >= 0.3 is 0 Å². The zero-order chi connectivity index (χ0) is 35.5. The fourth-order valence-corrected chi connectivity index (χ4v) is 8.02. The Labute approximate surface area is 306 Å². The summed E-state index contributed by atoms with van der Waals surface area (Å²) in [5.41, 5.74) is 16.8. The Kier molecular flexibility index (Phi) is 7.05. The molecule has 10 aromatic rings. The zero-order valence-electron chi connectivity index (χ0n) is 28.7. The Hall–Kier alpha value is -7.24. The van der Waals surface area contributed by atoms with Crippen LogP contribution in [0.4, 0.5) is 0 Å². The smallest absolute Gasteiger partial charge is 0.154 e. The highest BCUT2D eigenvalue weighted by molar-refractivity contribution is 6.16. The molecule has 2 heterocycles. The minimum absolute atomic E-state index is 0.109. The second-order valence-electron chi connectivity index (χ2n) is 13.4. The molecule has 0 bridgehead atoms. The minimum atomic E-state index is 0.109. The van der Waals surface area contributed by atoms with Crippen molar-refractivity contribution < 1.29 is 0 Å². The maximum Gasteiger partial charge on any atom is 0.154 e. The molecule has 0 saturated heterocycles. The molecule has 0 unspecified atom stereocenters. The quantitative estimate of drug-likeness (QED) is 0.138. The van der Waals surface area contributed by atoms with E-state index in [1.165, 1.54) is 21.5 Å². The number of hydrogen-bond acceptors (Lipinski definition) is 1. The predicted molar refractivity (Wildman–Crippen MR) is 222 cm³/mol. The Morgan fingerprint density at radius 1 is 0.472 bits per heavy atom. The van der Waals surface area contributed by atoms with Gasteiger partial charge in [-0.25, -0.2) is 4.99 Å². The van der Waals surface area contributed by atoms with Crippen LogP contribution >= 0.6 is 0 Å². The van der Waals surface area contributed by atoms with Crippen LogP contribution in [0.25, 0.3) is 76.9 Å². The SMILES string of the molecule is N=C(N=C(N)c1ccc(-n2c3ccccc3c3ccccc32)c(-n2c3ccccc3c3ccccc32)c1-c1ccc2ccccc2c1)c1ccccc1. The van der Waals surface area contributed by atoms with Gasteiger partial charge in [-0.05, 0) is 58.8 Å². The monoisotopic (exact) mass is 679 g/mol. The highest BCUT2D eigenvalue weighted by Gasteiger charge is 2.26. The number of hydrogen-bond donors (Lipinski definition) is 2. The van der Waals surface area contributed by atoms with Crippen LogP contribution in [0.3, 0.4) is 0 Å². The van der Waals surface area contributed by atoms with Gasteiger partial charge in [0.2, 0.25) is 0 Å². The number of amidine groups is 2. The van der Waals surface area contributed by atoms with E-state index in [9.17, 15) is 0 Å². The molecule has 2 aromatic heterocycles. The first-order chi connectivity index (χ1) is 26.2. The fraction of sp³-hybridized carbons (Fsp3) is 0. The van der Waals surface area contributed by atoms with Crippen LogP contribution in [0.1, 0.15) is 11.1 Å². The lowest BCUT2D eigenvalue weighted by molar-refractivity contribution is 1.09. The summed E-state index contributed by atoms with van der Waals surface area (Å²) in [6.07, 6.45) is 0. The van der Waals surface area contributed by atoms with Crippen molar-refractivity contribution in [2.75, 3.05) is 0 Å². The van der Waals surface area contributed by atoms with Crippen LogP contribution in [-0.2, 0) is 0 Å². The molecule has 250 valence electrons. The van der Waals surface area contributed by atoms with Gasteiger partial charge in [0.15, 0.2) is 5.84 Å². The molecule has 8 aromatic carbocycles. The van der Waals surface area contributed by atoms with Gasteiger partial charge in [-0.15, -0.1) is 0 Å². The molecular formula is C48H33N5. The third-order valence-corrected chi connectivity index (χ3v) is 10.4. The molecule has 3 N–H and O–H groups in total. The average molecular weight is 680 g/mol. The zero-order valence-corrected chi connectivity index (χ0v) is 28.7. The number of fused-ring (bicyclic) bond motifs is 7. The predicted octanol–water partition coefficient (Wildman–Crippen LogP) is 11.4. The number of benzene rings is 8. The van der Waals surface area contributed by atoms with Gasteiger partial charge in [0.1, 0.15) is 5.84 Å². The van der Waals surface area contributed by atoms with Crippen LogP contribution in [0.15, 0.2) is 187 Å². The second-order valence-corrected chi connectivity index (χ2v) is 13.4. The van der Waals surface area contributed by atoms with Gasteiger partial charge in [-0.3, -0.25) is 5.41 Å². The number of nitrogens with one attached hydrogen (secondary N) is 1. The summed E-state index contributed by atoms with van der Waals surface area (Å²) < 4.78 is 4.78. The first-order valence-electron chi connectivity index (χ1n) is 17.8. The van der Waals surface area contributed by atoms with Crippen LogP contribution in [-0.4, -0.2) is 20.8 Å². The van der Waals surface area contributed by atoms with Crippen molar-refractivity contribution in [1.82, 2.24) is 9.13 Å². The molecule has 0 aliphatic carbocycles. The van der Waals surface area contributed by atoms with E-state index < -0.39 is 0 Å². The van der Waals surface area contributed by atoms with Crippen molar-refractivity contribution in [3.05, 3.63) is 193 Å². The first-order valence-corrected chi connectivity index (χ1v) is 17.8. The summed E-state index contributed by atoms with van der Waals surface area (Å²) in [4.78, 5) is 4.77. The molecular weight excluding hydrogens is 647 g/mol. The number of aliphatic imine (C=N–C) groups is 1. The van der Waals surface area contributed by atoms with Gasteiger partial charge in [0.25, 0.3) is 0 Å². The number of aromatic nitrogens is 2.